The molecule has 0 saturated carbocycles. The molecule has 5 atom stereocenters. The van der Waals surface area contributed by atoms with E-state index in [1.807, 2.05) is 27.7 Å². The van der Waals surface area contributed by atoms with Crippen molar-refractivity contribution in [2.45, 2.75) is 46.2 Å². The topological polar surface area (TPSA) is 49.7 Å². The molecular formula is C10H20O3. The van der Waals surface area contributed by atoms with Crippen LogP contribution in [0.1, 0.15) is 27.7 Å². The SMILES string of the molecule is CC(C)[C@@H]1O[C@@H](O)[C@H](C)[C@H](O)[C@H]1C. The lowest BCUT2D eigenvalue weighted by atomic mass is 9.82. The van der Waals surface area contributed by atoms with E-state index in [4.69, 9.17) is 4.74 Å². The summed E-state index contributed by atoms with van der Waals surface area (Å²) in [5.41, 5.74) is 0. The summed E-state index contributed by atoms with van der Waals surface area (Å²) < 4.78 is 5.44. The first-order chi connectivity index (χ1) is 5.95. The molecule has 1 rings (SSSR count). The van der Waals surface area contributed by atoms with Crippen molar-refractivity contribution in [2.75, 3.05) is 0 Å². The molecule has 2 N–H and O–H groups in total. The van der Waals surface area contributed by atoms with Crippen LogP contribution in [0, 0.1) is 17.8 Å². The van der Waals surface area contributed by atoms with Gasteiger partial charge in [-0.3, -0.25) is 0 Å². The van der Waals surface area contributed by atoms with E-state index in [2.05, 4.69) is 0 Å². The summed E-state index contributed by atoms with van der Waals surface area (Å²) in [4.78, 5) is 0. The van der Waals surface area contributed by atoms with Gasteiger partial charge in [-0.25, -0.2) is 0 Å². The normalized spacial score (nSPS) is 46.8. The van der Waals surface area contributed by atoms with Gasteiger partial charge in [0.25, 0.3) is 0 Å². The van der Waals surface area contributed by atoms with Gasteiger partial charge in [-0.05, 0) is 5.92 Å². The minimum atomic E-state index is -0.821. The van der Waals surface area contributed by atoms with E-state index in [0.29, 0.717) is 5.92 Å². The number of hydrogen-bond donors (Lipinski definition) is 2. The van der Waals surface area contributed by atoms with Crippen LogP contribution in [0.4, 0.5) is 0 Å². The summed E-state index contributed by atoms with van der Waals surface area (Å²) in [5.74, 6) is 0.232. The van der Waals surface area contributed by atoms with E-state index in [9.17, 15) is 10.2 Å². The van der Waals surface area contributed by atoms with E-state index in [1.165, 1.54) is 0 Å². The molecule has 1 aliphatic heterocycles. The van der Waals surface area contributed by atoms with E-state index < -0.39 is 12.4 Å². The van der Waals surface area contributed by atoms with Crippen molar-refractivity contribution in [3.8, 4) is 0 Å². The van der Waals surface area contributed by atoms with E-state index >= 15 is 0 Å². The van der Waals surface area contributed by atoms with Crippen LogP contribution in [0.15, 0.2) is 0 Å². The summed E-state index contributed by atoms with van der Waals surface area (Å²) in [5, 5.41) is 19.3. The molecule has 0 aromatic carbocycles. The molecule has 3 nitrogen and oxygen atoms in total. The van der Waals surface area contributed by atoms with Crippen LogP contribution in [-0.2, 0) is 4.74 Å². The molecule has 0 aromatic rings. The van der Waals surface area contributed by atoms with Crippen molar-refractivity contribution in [3.63, 3.8) is 0 Å². The van der Waals surface area contributed by atoms with Crippen molar-refractivity contribution in [2.24, 2.45) is 17.8 Å². The molecule has 78 valence electrons. The number of aliphatic hydroxyl groups is 2. The van der Waals surface area contributed by atoms with Gasteiger partial charge in [0.1, 0.15) is 0 Å². The molecule has 1 aliphatic rings. The molecule has 1 heterocycles. The number of rotatable bonds is 1. The maximum absolute atomic E-state index is 9.80. The molecule has 0 aromatic heterocycles. The minimum absolute atomic E-state index is 0.0406. The average Bonchev–Trinajstić information content (AvgIpc) is 2.07. The molecule has 0 unspecified atom stereocenters. The fraction of sp³-hybridized carbons (Fsp3) is 1.00. The maximum atomic E-state index is 9.80. The predicted octanol–water partition coefficient (Wildman–Crippen LogP) is 0.993. The molecule has 1 fully saturated rings. The van der Waals surface area contributed by atoms with Gasteiger partial charge < -0.3 is 14.9 Å². The molecule has 3 heteroatoms. The van der Waals surface area contributed by atoms with Crippen molar-refractivity contribution in [1.29, 1.82) is 0 Å². The van der Waals surface area contributed by atoms with Crippen molar-refractivity contribution < 1.29 is 14.9 Å². The highest BCUT2D eigenvalue weighted by molar-refractivity contribution is 4.85. The Morgan fingerprint density at radius 3 is 2.08 bits per heavy atom. The van der Waals surface area contributed by atoms with Gasteiger partial charge in [0.05, 0.1) is 12.2 Å². The zero-order chi connectivity index (χ0) is 10.2. The first kappa shape index (κ1) is 11.0. The number of aliphatic hydroxyl groups excluding tert-OH is 2. The van der Waals surface area contributed by atoms with Gasteiger partial charge in [-0.1, -0.05) is 27.7 Å². The molecule has 0 amide bonds. The standard InChI is InChI=1S/C10H20O3/c1-5(2)9-6(3)8(11)7(4)10(12)13-9/h5-12H,1-4H3/t6-,7-,8-,9+,10-/m1/s1. The Hall–Kier alpha value is -0.120. The van der Waals surface area contributed by atoms with E-state index in [0.717, 1.165) is 0 Å². The molecular weight excluding hydrogens is 168 g/mol. The predicted molar refractivity (Wildman–Crippen MR) is 50.1 cm³/mol. The summed E-state index contributed by atoms with van der Waals surface area (Å²) in [6, 6.07) is 0. The van der Waals surface area contributed by atoms with Crippen LogP contribution < -0.4 is 0 Å². The first-order valence-electron chi connectivity index (χ1n) is 4.96. The Morgan fingerprint density at radius 2 is 1.62 bits per heavy atom. The lowest BCUT2D eigenvalue weighted by Crippen LogP contribution is -2.50. The Labute approximate surface area is 79.7 Å². The zero-order valence-corrected chi connectivity index (χ0v) is 8.77. The highest BCUT2D eigenvalue weighted by Crippen LogP contribution is 2.32. The third kappa shape index (κ3) is 2.03. The third-order valence-electron chi connectivity index (χ3n) is 3.00. The Bertz CT molecular complexity index is 170. The van der Waals surface area contributed by atoms with Crippen LogP contribution in [0.3, 0.4) is 0 Å². The number of hydrogen-bond acceptors (Lipinski definition) is 3. The molecule has 0 aliphatic carbocycles. The highest BCUT2D eigenvalue weighted by Gasteiger charge is 2.40. The zero-order valence-electron chi connectivity index (χ0n) is 8.77. The van der Waals surface area contributed by atoms with Crippen LogP contribution in [0.2, 0.25) is 0 Å². The van der Waals surface area contributed by atoms with Crippen LogP contribution in [-0.4, -0.2) is 28.7 Å². The van der Waals surface area contributed by atoms with Gasteiger partial charge in [-0.15, -0.1) is 0 Å². The third-order valence-corrected chi connectivity index (χ3v) is 3.00. The number of ether oxygens (including phenoxy) is 1. The maximum Gasteiger partial charge on any atom is 0.159 e. The van der Waals surface area contributed by atoms with Crippen LogP contribution in [0.25, 0.3) is 0 Å². The largest absolute Gasteiger partial charge is 0.392 e. The van der Waals surface area contributed by atoms with Crippen molar-refractivity contribution >= 4 is 0 Å². The highest BCUT2D eigenvalue weighted by atomic mass is 16.6. The summed E-state index contributed by atoms with van der Waals surface area (Å²) in [7, 11) is 0. The summed E-state index contributed by atoms with van der Waals surface area (Å²) >= 11 is 0. The molecule has 0 spiro atoms. The van der Waals surface area contributed by atoms with Crippen molar-refractivity contribution in [3.05, 3.63) is 0 Å². The van der Waals surface area contributed by atoms with E-state index in [1.54, 1.807) is 0 Å². The summed E-state index contributed by atoms with van der Waals surface area (Å²) in [6.45, 7) is 7.85. The minimum Gasteiger partial charge on any atom is -0.392 e. The second kappa shape index (κ2) is 3.95. The fourth-order valence-electron chi connectivity index (χ4n) is 2.01. The van der Waals surface area contributed by atoms with E-state index in [-0.39, 0.29) is 17.9 Å². The Kier molecular flexibility index (Phi) is 3.33. The average molecular weight is 188 g/mol. The van der Waals surface area contributed by atoms with Crippen LogP contribution in [0.5, 0.6) is 0 Å². The van der Waals surface area contributed by atoms with Gasteiger partial charge in [0.2, 0.25) is 0 Å². The molecule has 0 radical (unpaired) electrons. The van der Waals surface area contributed by atoms with Gasteiger partial charge >= 0.3 is 0 Å². The smallest absolute Gasteiger partial charge is 0.159 e. The van der Waals surface area contributed by atoms with Gasteiger partial charge in [-0.2, -0.15) is 0 Å². The first-order valence-corrected chi connectivity index (χ1v) is 4.96. The van der Waals surface area contributed by atoms with Gasteiger partial charge in [0, 0.05) is 11.8 Å². The lowest BCUT2D eigenvalue weighted by Gasteiger charge is -2.42. The lowest BCUT2D eigenvalue weighted by molar-refractivity contribution is -0.250. The monoisotopic (exact) mass is 188 g/mol. The quantitative estimate of drug-likeness (QED) is 0.645. The molecule has 13 heavy (non-hydrogen) atoms. The Morgan fingerprint density at radius 1 is 1.08 bits per heavy atom. The molecule has 0 bridgehead atoms. The Balaban J connectivity index is 2.70. The fourth-order valence-corrected chi connectivity index (χ4v) is 2.01. The summed E-state index contributed by atoms with van der Waals surface area (Å²) in [6.07, 6.45) is -1.32. The second-order valence-electron chi connectivity index (χ2n) is 4.44. The molecule has 1 saturated heterocycles. The van der Waals surface area contributed by atoms with Crippen LogP contribution >= 0.6 is 0 Å². The second-order valence-corrected chi connectivity index (χ2v) is 4.44. The van der Waals surface area contributed by atoms with Crippen molar-refractivity contribution in [1.82, 2.24) is 0 Å². The van der Waals surface area contributed by atoms with Gasteiger partial charge in [0.15, 0.2) is 6.29 Å².